The number of fused-ring (bicyclic) bond motifs is 1. The molecular weight excluding hydrogens is 528 g/mol. The summed E-state index contributed by atoms with van der Waals surface area (Å²) < 4.78 is 6.05. The van der Waals surface area contributed by atoms with E-state index >= 15 is 0 Å². The van der Waals surface area contributed by atoms with Crippen LogP contribution in [-0.2, 0) is 20.8 Å². The number of nitrogens with zero attached hydrogens (tertiary/aromatic N) is 1. The summed E-state index contributed by atoms with van der Waals surface area (Å²) in [4.78, 5) is 56.8. The number of methoxy groups -OCH3 is 1. The zero-order valence-electron chi connectivity index (χ0n) is 23.1. The molecule has 4 rings (SSSR count). The summed E-state index contributed by atoms with van der Waals surface area (Å²) in [6.07, 6.45) is 1.90. The minimum atomic E-state index is -0.937. The number of nitrogens with one attached hydrogen (secondary N) is 3. The van der Waals surface area contributed by atoms with Crippen LogP contribution < -0.4 is 20.7 Å². The van der Waals surface area contributed by atoms with Crippen LogP contribution >= 0.6 is 11.3 Å². The van der Waals surface area contributed by atoms with Gasteiger partial charge in [-0.05, 0) is 61.4 Å². The summed E-state index contributed by atoms with van der Waals surface area (Å²) in [5, 5.41) is 8.83. The highest BCUT2D eigenvalue weighted by molar-refractivity contribution is 7.20. The number of carbonyl (C=O) groups is 4. The van der Waals surface area contributed by atoms with Crippen molar-refractivity contribution in [2.45, 2.75) is 58.0 Å². The van der Waals surface area contributed by atoms with E-state index in [2.05, 4.69) is 20.9 Å². The van der Waals surface area contributed by atoms with Crippen molar-refractivity contribution in [2.75, 3.05) is 13.7 Å². The van der Waals surface area contributed by atoms with Crippen molar-refractivity contribution >= 4 is 45.1 Å². The van der Waals surface area contributed by atoms with Crippen molar-refractivity contribution in [2.24, 2.45) is 11.8 Å². The van der Waals surface area contributed by atoms with E-state index in [1.165, 1.54) is 11.3 Å². The lowest BCUT2D eigenvalue weighted by Crippen LogP contribution is -2.52. The van der Waals surface area contributed by atoms with Gasteiger partial charge in [0.1, 0.15) is 11.8 Å². The van der Waals surface area contributed by atoms with Crippen LogP contribution in [-0.4, -0.2) is 54.2 Å². The SMILES string of the molecule is COc1ccc(CCC(=O)N[C@@H](CC(C)C)C(=O)N[C@@H](C[C@@H]2CCNC2=O)C(=O)c2nc3ccccc3s2)cc1. The van der Waals surface area contributed by atoms with Crippen molar-refractivity contribution in [3.63, 3.8) is 0 Å². The zero-order chi connectivity index (χ0) is 28.6. The number of carbonyl (C=O) groups excluding carboxylic acids is 4. The van der Waals surface area contributed by atoms with E-state index in [0.717, 1.165) is 16.0 Å². The van der Waals surface area contributed by atoms with Gasteiger partial charge in [0.2, 0.25) is 23.5 Å². The van der Waals surface area contributed by atoms with Gasteiger partial charge in [0.15, 0.2) is 5.01 Å². The molecule has 212 valence electrons. The number of ether oxygens (including phenoxy) is 1. The number of para-hydroxylation sites is 1. The quantitative estimate of drug-likeness (QED) is 0.272. The number of aryl methyl sites for hydroxylation is 1. The molecule has 0 radical (unpaired) electrons. The minimum absolute atomic E-state index is 0.122. The molecule has 1 fully saturated rings. The van der Waals surface area contributed by atoms with Gasteiger partial charge >= 0.3 is 0 Å². The Morgan fingerprint density at radius 1 is 1.07 bits per heavy atom. The van der Waals surface area contributed by atoms with Crippen LogP contribution in [0.25, 0.3) is 10.2 Å². The fraction of sp³-hybridized carbons (Fsp3) is 0.433. The summed E-state index contributed by atoms with van der Waals surface area (Å²) in [5.41, 5.74) is 1.69. The predicted octanol–water partition coefficient (Wildman–Crippen LogP) is 3.66. The van der Waals surface area contributed by atoms with E-state index in [0.29, 0.717) is 31.3 Å². The molecule has 0 bridgehead atoms. The van der Waals surface area contributed by atoms with Gasteiger partial charge < -0.3 is 20.7 Å². The van der Waals surface area contributed by atoms with Gasteiger partial charge in [-0.15, -0.1) is 11.3 Å². The molecule has 10 heteroatoms. The highest BCUT2D eigenvalue weighted by Gasteiger charge is 2.34. The van der Waals surface area contributed by atoms with E-state index in [9.17, 15) is 19.2 Å². The first kappa shape index (κ1) is 29.2. The zero-order valence-corrected chi connectivity index (χ0v) is 23.9. The molecule has 0 spiro atoms. The Labute approximate surface area is 238 Å². The number of hydrogen-bond donors (Lipinski definition) is 3. The van der Waals surface area contributed by atoms with E-state index in [4.69, 9.17) is 4.74 Å². The molecule has 3 atom stereocenters. The summed E-state index contributed by atoms with van der Waals surface area (Å²) in [6.45, 7) is 4.48. The van der Waals surface area contributed by atoms with Gasteiger partial charge in [0, 0.05) is 18.9 Å². The van der Waals surface area contributed by atoms with E-state index < -0.39 is 18.0 Å². The number of hydrogen-bond acceptors (Lipinski definition) is 7. The van der Waals surface area contributed by atoms with E-state index in [1.807, 2.05) is 62.4 Å². The van der Waals surface area contributed by atoms with Crippen LogP contribution in [0, 0.1) is 11.8 Å². The molecule has 1 aliphatic heterocycles. The Morgan fingerprint density at radius 2 is 1.82 bits per heavy atom. The van der Waals surface area contributed by atoms with E-state index in [1.54, 1.807) is 7.11 Å². The van der Waals surface area contributed by atoms with Gasteiger partial charge in [-0.25, -0.2) is 4.98 Å². The molecular formula is C30H36N4O5S. The highest BCUT2D eigenvalue weighted by Crippen LogP contribution is 2.25. The second-order valence-corrected chi connectivity index (χ2v) is 11.6. The molecule has 40 heavy (non-hydrogen) atoms. The second-order valence-electron chi connectivity index (χ2n) is 10.5. The highest BCUT2D eigenvalue weighted by atomic mass is 32.1. The summed E-state index contributed by atoms with van der Waals surface area (Å²) in [6, 6.07) is 13.2. The molecule has 3 N–H and O–H groups in total. The van der Waals surface area contributed by atoms with Crippen LogP contribution in [0.5, 0.6) is 5.75 Å². The van der Waals surface area contributed by atoms with E-state index in [-0.39, 0.29) is 47.3 Å². The molecule has 1 aromatic heterocycles. The molecule has 2 aromatic carbocycles. The molecule has 1 aliphatic rings. The van der Waals surface area contributed by atoms with Crippen molar-refractivity contribution in [3.8, 4) is 5.75 Å². The summed E-state index contributed by atoms with van der Waals surface area (Å²) in [7, 11) is 1.60. The lowest BCUT2D eigenvalue weighted by atomic mass is 9.95. The standard InChI is InChI=1S/C30H36N4O5S/c1-18(2)16-24(32-26(35)13-10-19-8-11-21(39-3)12-9-19)29(38)33-23(17-20-14-15-31-28(20)37)27(36)30-34-22-6-4-5-7-25(22)40-30/h4-9,11-12,18,20,23-24H,10,13-17H2,1-3H3,(H,31,37)(H,32,35)(H,33,38)/t20-,23-,24-/m0/s1. The Bertz CT molecular complexity index is 1320. The molecule has 0 unspecified atom stereocenters. The third-order valence-corrected chi connectivity index (χ3v) is 8.03. The number of amides is 3. The van der Waals surface area contributed by atoms with Crippen molar-refractivity contribution in [3.05, 3.63) is 59.1 Å². The van der Waals surface area contributed by atoms with Crippen LogP contribution in [0.2, 0.25) is 0 Å². The topological polar surface area (TPSA) is 126 Å². The molecule has 0 aliphatic carbocycles. The molecule has 3 amide bonds. The first-order valence-corrected chi connectivity index (χ1v) is 14.4. The van der Waals surface area contributed by atoms with Crippen LogP contribution in [0.1, 0.15) is 54.9 Å². The number of aromatic nitrogens is 1. The predicted molar refractivity (Wildman–Crippen MR) is 154 cm³/mol. The average molecular weight is 565 g/mol. The Hall–Kier alpha value is -3.79. The molecule has 9 nitrogen and oxygen atoms in total. The summed E-state index contributed by atoms with van der Waals surface area (Å²) in [5.74, 6) is -0.662. The first-order valence-electron chi connectivity index (χ1n) is 13.6. The number of thiazole rings is 1. The smallest absolute Gasteiger partial charge is 0.243 e. The number of rotatable bonds is 13. The third-order valence-electron chi connectivity index (χ3n) is 6.98. The van der Waals surface area contributed by atoms with Crippen LogP contribution in [0.15, 0.2) is 48.5 Å². The fourth-order valence-electron chi connectivity index (χ4n) is 4.80. The molecule has 0 saturated carbocycles. The monoisotopic (exact) mass is 564 g/mol. The maximum atomic E-state index is 13.6. The van der Waals surface area contributed by atoms with Gasteiger partial charge in [-0.3, -0.25) is 19.2 Å². The van der Waals surface area contributed by atoms with Gasteiger partial charge in [0.05, 0.1) is 23.4 Å². The lowest BCUT2D eigenvalue weighted by Gasteiger charge is -2.24. The number of benzene rings is 2. The Balaban J connectivity index is 1.46. The Morgan fingerprint density at radius 3 is 2.48 bits per heavy atom. The maximum Gasteiger partial charge on any atom is 0.243 e. The fourth-order valence-corrected chi connectivity index (χ4v) is 5.76. The van der Waals surface area contributed by atoms with Gasteiger partial charge in [0.25, 0.3) is 0 Å². The molecule has 3 aromatic rings. The molecule has 1 saturated heterocycles. The second kappa shape index (κ2) is 13.5. The molecule has 2 heterocycles. The van der Waals surface area contributed by atoms with Crippen molar-refractivity contribution < 1.29 is 23.9 Å². The average Bonchev–Trinajstić information content (AvgIpc) is 3.56. The largest absolute Gasteiger partial charge is 0.497 e. The maximum absolute atomic E-state index is 13.6. The number of ketones is 1. The number of Topliss-reactive ketones (excluding diaryl/α,β-unsaturated/α-hetero) is 1. The third kappa shape index (κ3) is 7.65. The van der Waals surface area contributed by atoms with Gasteiger partial charge in [-0.1, -0.05) is 38.1 Å². The van der Waals surface area contributed by atoms with Crippen molar-refractivity contribution in [1.82, 2.24) is 20.9 Å². The van der Waals surface area contributed by atoms with Gasteiger partial charge in [-0.2, -0.15) is 0 Å². The lowest BCUT2D eigenvalue weighted by molar-refractivity contribution is -0.129. The van der Waals surface area contributed by atoms with Crippen LogP contribution in [0.3, 0.4) is 0 Å². The normalized spacial score (nSPS) is 16.4. The first-order chi connectivity index (χ1) is 19.2. The van der Waals surface area contributed by atoms with Crippen molar-refractivity contribution in [1.29, 1.82) is 0 Å². The van der Waals surface area contributed by atoms with Crippen LogP contribution in [0.4, 0.5) is 0 Å². The minimum Gasteiger partial charge on any atom is -0.497 e. The Kier molecular flexibility index (Phi) is 9.87. The summed E-state index contributed by atoms with van der Waals surface area (Å²) >= 11 is 1.27.